The fraction of sp³-hybridized carbons (Fsp3) is 0.750. The van der Waals surface area contributed by atoms with Gasteiger partial charge in [0.2, 0.25) is 5.91 Å². The van der Waals surface area contributed by atoms with Crippen LogP contribution in [-0.2, 0) is 4.79 Å². The molecule has 0 spiro atoms. The zero-order valence-electron chi connectivity index (χ0n) is 25.6. The Balaban J connectivity index is 1.41. The highest BCUT2D eigenvalue weighted by atomic mass is 16.3. The summed E-state index contributed by atoms with van der Waals surface area (Å²) in [7, 11) is 0. The van der Waals surface area contributed by atoms with Gasteiger partial charge in [0.25, 0.3) is 0 Å². The summed E-state index contributed by atoms with van der Waals surface area (Å²) in [6, 6.07) is 10.1. The molecule has 5 aliphatic rings. The van der Waals surface area contributed by atoms with Crippen molar-refractivity contribution in [3.8, 4) is 0 Å². The van der Waals surface area contributed by atoms with Gasteiger partial charge in [0.15, 0.2) is 0 Å². The molecule has 1 amide bonds. The molecule has 4 fully saturated rings. The lowest BCUT2D eigenvalue weighted by Gasteiger charge is -2.71. The molecule has 10 atom stereocenters. The number of anilines is 1. The molecule has 1 aromatic rings. The molecule has 0 unspecified atom stereocenters. The van der Waals surface area contributed by atoms with Gasteiger partial charge in [0.05, 0.1) is 11.5 Å². The summed E-state index contributed by atoms with van der Waals surface area (Å²) in [5.74, 6) is 2.91. The third-order valence-electron chi connectivity index (χ3n) is 14.5. The van der Waals surface area contributed by atoms with Gasteiger partial charge in [-0.3, -0.25) is 4.79 Å². The van der Waals surface area contributed by atoms with E-state index in [0.29, 0.717) is 29.6 Å². The number of amides is 1. The van der Waals surface area contributed by atoms with Gasteiger partial charge in [0.1, 0.15) is 0 Å². The highest BCUT2D eigenvalue weighted by Gasteiger charge is 2.69. The Hall–Kier alpha value is -1.61. The molecule has 2 N–H and O–H groups in total. The summed E-state index contributed by atoms with van der Waals surface area (Å²) >= 11 is 0. The first kappa shape index (κ1) is 27.6. The lowest BCUT2D eigenvalue weighted by Crippen LogP contribution is -2.65. The zero-order valence-corrected chi connectivity index (χ0v) is 25.6. The van der Waals surface area contributed by atoms with Crippen molar-refractivity contribution >= 4 is 11.6 Å². The molecular formula is C36H53NO2. The molecule has 4 saturated carbocycles. The van der Waals surface area contributed by atoms with E-state index in [2.05, 4.69) is 59.9 Å². The molecule has 1 aromatic carbocycles. The van der Waals surface area contributed by atoms with E-state index in [0.717, 1.165) is 50.6 Å². The van der Waals surface area contributed by atoms with E-state index in [1.165, 1.54) is 12.8 Å². The van der Waals surface area contributed by atoms with Crippen LogP contribution in [0.25, 0.3) is 0 Å². The maximum absolute atomic E-state index is 14.3. The van der Waals surface area contributed by atoms with Crippen molar-refractivity contribution < 1.29 is 9.90 Å². The average Bonchev–Trinajstić information content (AvgIpc) is 2.89. The number of aliphatic hydroxyl groups is 1. The van der Waals surface area contributed by atoms with Crippen LogP contribution in [0, 0.1) is 56.7 Å². The summed E-state index contributed by atoms with van der Waals surface area (Å²) in [4.78, 5) is 14.3. The van der Waals surface area contributed by atoms with E-state index in [1.54, 1.807) is 5.57 Å². The predicted octanol–water partition coefficient (Wildman–Crippen LogP) is 8.64. The van der Waals surface area contributed by atoms with E-state index in [9.17, 15) is 9.90 Å². The normalized spacial score (nSPS) is 48.5. The Bertz CT molecular complexity index is 1160. The maximum Gasteiger partial charge on any atom is 0.231 e. The van der Waals surface area contributed by atoms with Crippen LogP contribution in [-0.4, -0.2) is 17.1 Å². The maximum atomic E-state index is 14.3. The van der Waals surface area contributed by atoms with Crippen LogP contribution >= 0.6 is 0 Å². The highest BCUT2D eigenvalue weighted by Crippen LogP contribution is 2.75. The molecule has 39 heavy (non-hydrogen) atoms. The van der Waals surface area contributed by atoms with Crippen LogP contribution in [0.4, 0.5) is 5.69 Å². The number of aliphatic hydroxyl groups excluding tert-OH is 1. The fourth-order valence-corrected chi connectivity index (χ4v) is 11.6. The smallest absolute Gasteiger partial charge is 0.231 e. The molecule has 3 heteroatoms. The number of carbonyl (C=O) groups excluding carboxylic acids is 1. The van der Waals surface area contributed by atoms with Gasteiger partial charge in [0, 0.05) is 5.69 Å². The minimum Gasteiger partial charge on any atom is -0.393 e. The van der Waals surface area contributed by atoms with Gasteiger partial charge < -0.3 is 10.4 Å². The Kier molecular flexibility index (Phi) is 6.32. The van der Waals surface area contributed by atoms with Crippen molar-refractivity contribution in [2.24, 2.45) is 56.7 Å². The largest absolute Gasteiger partial charge is 0.393 e. The van der Waals surface area contributed by atoms with Gasteiger partial charge in [-0.05, 0) is 121 Å². The molecule has 6 rings (SSSR count). The van der Waals surface area contributed by atoms with E-state index >= 15 is 0 Å². The minimum absolute atomic E-state index is 0.0240. The summed E-state index contributed by atoms with van der Waals surface area (Å²) in [5.41, 5.74) is 2.82. The molecule has 0 heterocycles. The predicted molar refractivity (Wildman–Crippen MR) is 160 cm³/mol. The summed E-state index contributed by atoms with van der Waals surface area (Å²) in [6.07, 6.45) is 12.4. The van der Waals surface area contributed by atoms with Crippen LogP contribution in [0.2, 0.25) is 0 Å². The number of hydrogen-bond donors (Lipinski definition) is 2. The van der Waals surface area contributed by atoms with E-state index in [1.807, 2.05) is 30.3 Å². The second-order valence-electron chi connectivity index (χ2n) is 16.0. The van der Waals surface area contributed by atoms with Crippen molar-refractivity contribution in [1.29, 1.82) is 0 Å². The Labute approximate surface area is 237 Å². The number of benzene rings is 1. The van der Waals surface area contributed by atoms with Crippen LogP contribution in [0.5, 0.6) is 0 Å². The monoisotopic (exact) mass is 531 g/mol. The molecule has 0 aliphatic heterocycles. The van der Waals surface area contributed by atoms with Gasteiger partial charge >= 0.3 is 0 Å². The topological polar surface area (TPSA) is 49.3 Å². The second-order valence-corrected chi connectivity index (χ2v) is 16.0. The fourth-order valence-electron chi connectivity index (χ4n) is 11.6. The molecule has 0 saturated heterocycles. The standard InChI is InChI=1S/C36H53NO2/c1-23-15-20-36(31(39)37-25-11-9-8-10-12-25)22-21-34(6)26(30(36)24(23)2)13-14-28-33(5)18-17-29(38)32(3,4)27(33)16-19-35(28,34)7/h8-13,23-24,27-30,38H,14-22H2,1-7H3,(H,37,39)/t23-,24+,27+,28-,29+,30+,33+,34-,35-,36+/m1/s1. The molecule has 0 bridgehead atoms. The molecule has 5 aliphatic carbocycles. The quantitative estimate of drug-likeness (QED) is 0.375. The van der Waals surface area contributed by atoms with Crippen LogP contribution in [0.15, 0.2) is 42.0 Å². The van der Waals surface area contributed by atoms with Gasteiger partial charge in [-0.15, -0.1) is 0 Å². The van der Waals surface area contributed by atoms with E-state index in [4.69, 9.17) is 0 Å². The molecule has 3 nitrogen and oxygen atoms in total. The van der Waals surface area contributed by atoms with Crippen molar-refractivity contribution in [2.75, 3.05) is 5.32 Å². The number of para-hydroxylation sites is 1. The first-order chi connectivity index (χ1) is 18.3. The number of allylic oxidation sites excluding steroid dienone is 2. The first-order valence-electron chi connectivity index (χ1n) is 16.1. The number of rotatable bonds is 2. The summed E-state index contributed by atoms with van der Waals surface area (Å²) in [5, 5.41) is 14.4. The van der Waals surface area contributed by atoms with E-state index in [-0.39, 0.29) is 39.1 Å². The SMILES string of the molecule is C[C@H]1[C@H](C)CC[C@]2(C(=O)Nc3ccccc3)CC[C@]3(C)C(=CC[C@@H]4[C@@]5(C)CC[C@H](O)C(C)(C)[C@@H]5CC[C@]43C)[C@H]12. The Morgan fingerprint density at radius 2 is 1.59 bits per heavy atom. The summed E-state index contributed by atoms with van der Waals surface area (Å²) in [6.45, 7) is 17.4. The van der Waals surface area contributed by atoms with Gasteiger partial charge in [-0.1, -0.05) is 78.3 Å². The lowest BCUT2D eigenvalue weighted by molar-refractivity contribution is -0.204. The molecular weight excluding hydrogens is 478 g/mol. The molecule has 214 valence electrons. The average molecular weight is 532 g/mol. The number of carbonyl (C=O) groups is 1. The second kappa shape index (κ2) is 8.94. The Morgan fingerprint density at radius 3 is 2.31 bits per heavy atom. The lowest BCUT2D eigenvalue weighted by atomic mass is 9.33. The van der Waals surface area contributed by atoms with Crippen molar-refractivity contribution in [2.45, 2.75) is 112 Å². The third kappa shape index (κ3) is 3.60. The van der Waals surface area contributed by atoms with Gasteiger partial charge in [-0.2, -0.15) is 0 Å². The van der Waals surface area contributed by atoms with Crippen molar-refractivity contribution in [3.63, 3.8) is 0 Å². The summed E-state index contributed by atoms with van der Waals surface area (Å²) < 4.78 is 0. The highest BCUT2D eigenvalue weighted by molar-refractivity contribution is 5.96. The number of nitrogens with one attached hydrogen (secondary N) is 1. The van der Waals surface area contributed by atoms with Gasteiger partial charge in [-0.25, -0.2) is 0 Å². The minimum atomic E-state index is -0.311. The van der Waals surface area contributed by atoms with Crippen LogP contribution in [0.3, 0.4) is 0 Å². The van der Waals surface area contributed by atoms with Crippen LogP contribution in [0.1, 0.15) is 106 Å². The first-order valence-corrected chi connectivity index (χ1v) is 16.1. The van der Waals surface area contributed by atoms with Crippen LogP contribution < -0.4 is 5.32 Å². The third-order valence-corrected chi connectivity index (χ3v) is 14.5. The zero-order chi connectivity index (χ0) is 28.0. The van der Waals surface area contributed by atoms with E-state index < -0.39 is 0 Å². The Morgan fingerprint density at radius 1 is 0.872 bits per heavy atom. The number of fused-ring (bicyclic) bond motifs is 7. The number of hydrogen-bond acceptors (Lipinski definition) is 2. The van der Waals surface area contributed by atoms with Crippen molar-refractivity contribution in [3.05, 3.63) is 42.0 Å². The molecule has 0 aromatic heterocycles. The molecule has 0 radical (unpaired) electrons. The van der Waals surface area contributed by atoms with Crippen molar-refractivity contribution in [1.82, 2.24) is 0 Å².